The van der Waals surface area contributed by atoms with E-state index in [1.54, 1.807) is 0 Å². The van der Waals surface area contributed by atoms with Gasteiger partial charge in [-0.05, 0) is 61.9 Å². The lowest BCUT2D eigenvalue weighted by Gasteiger charge is -2.40. The number of phenolic OH excluding ortho intramolecular Hbond substituents is 1. The molecule has 0 aliphatic carbocycles. The van der Waals surface area contributed by atoms with Crippen LogP contribution in [0.5, 0.6) is 11.8 Å². The second-order valence-corrected chi connectivity index (χ2v) is 13.2. The van der Waals surface area contributed by atoms with Crippen LogP contribution in [0.15, 0.2) is 42.9 Å². The van der Waals surface area contributed by atoms with E-state index in [0.717, 1.165) is 32.2 Å². The summed E-state index contributed by atoms with van der Waals surface area (Å²) in [4.78, 5) is 17.8. The number of nitrogens with one attached hydrogen (secondary N) is 1. The van der Waals surface area contributed by atoms with Gasteiger partial charge in [-0.15, -0.1) is 6.42 Å². The van der Waals surface area contributed by atoms with Crippen molar-refractivity contribution >= 4 is 27.5 Å². The smallest absolute Gasteiger partial charge is 0.319 e. The minimum absolute atomic E-state index is 0.0491. The Balaban J connectivity index is 1.28. The predicted octanol–water partition coefficient (Wildman–Crippen LogP) is 5.56. The average Bonchev–Trinajstić information content (AvgIpc) is 3.68. The van der Waals surface area contributed by atoms with Crippen LogP contribution in [0.3, 0.4) is 0 Å². The maximum atomic E-state index is 16.9. The first-order chi connectivity index (χ1) is 22.7. The Morgan fingerprint density at radius 1 is 1.19 bits per heavy atom. The number of fused-ring (bicyclic) bond motifs is 5. The van der Waals surface area contributed by atoms with Crippen molar-refractivity contribution in [2.75, 3.05) is 37.7 Å². The number of hydrogen-bond acceptors (Lipinski definition) is 8. The average molecular weight is 645 g/mol. The van der Waals surface area contributed by atoms with Crippen molar-refractivity contribution in [1.29, 1.82) is 0 Å². The fourth-order valence-corrected chi connectivity index (χ4v) is 8.30. The molecule has 47 heavy (non-hydrogen) atoms. The van der Waals surface area contributed by atoms with Crippen LogP contribution in [-0.2, 0) is 0 Å². The van der Waals surface area contributed by atoms with Gasteiger partial charge in [0, 0.05) is 49.2 Å². The van der Waals surface area contributed by atoms with Crippen LogP contribution in [0.4, 0.5) is 23.4 Å². The Labute approximate surface area is 268 Å². The molecule has 0 amide bonds. The lowest BCUT2D eigenvalue weighted by molar-refractivity contribution is 0.107. The molecule has 6 heterocycles. The zero-order valence-corrected chi connectivity index (χ0v) is 25.4. The monoisotopic (exact) mass is 644 g/mol. The van der Waals surface area contributed by atoms with Crippen molar-refractivity contribution in [2.45, 2.75) is 55.4 Å². The second-order valence-electron chi connectivity index (χ2n) is 13.2. The van der Waals surface area contributed by atoms with Crippen LogP contribution in [-0.4, -0.2) is 81.0 Å². The summed E-state index contributed by atoms with van der Waals surface area (Å²) in [6, 6.07) is 5.33. The van der Waals surface area contributed by atoms with Crippen molar-refractivity contribution in [3.05, 3.63) is 60.1 Å². The zero-order chi connectivity index (χ0) is 32.5. The number of anilines is 1. The number of halogens is 4. The second kappa shape index (κ2) is 11.1. The number of alkyl halides is 1. The summed E-state index contributed by atoms with van der Waals surface area (Å²) in [7, 11) is 0. The van der Waals surface area contributed by atoms with Gasteiger partial charge >= 0.3 is 6.01 Å². The van der Waals surface area contributed by atoms with Crippen LogP contribution in [0.25, 0.3) is 32.9 Å². The van der Waals surface area contributed by atoms with E-state index in [2.05, 4.69) is 26.1 Å². The highest BCUT2D eigenvalue weighted by Crippen LogP contribution is 2.42. The topological polar surface area (TPSA) is 86.6 Å². The standard InChI is InChI=1S/C35H32F4N6O2/c1-2-24-27(38)5-4-20-12-23(46)13-25(28(20)24)30-29(39)31-26(15-40-30)32(44-17-22-6-8-34(18-44,43-22)9-10-36)42-33(41-31)47-19-35-7-3-11-45(35)16-21(37)14-35/h1,4-5,9-10,12-13,15,21-22,43,46H,3,6-8,11,14,16-19H2/b10-9-/t21-,22+,34+,35+/m1/s1. The molecule has 2 N–H and O–H groups in total. The van der Waals surface area contributed by atoms with Crippen molar-refractivity contribution in [1.82, 2.24) is 25.2 Å². The van der Waals surface area contributed by atoms with Gasteiger partial charge in [-0.25, -0.2) is 17.6 Å². The molecule has 0 spiro atoms. The fraction of sp³-hybridized carbons (Fsp3) is 0.400. The Bertz CT molecular complexity index is 2000. The van der Waals surface area contributed by atoms with E-state index in [0.29, 0.717) is 49.0 Å². The molecule has 242 valence electrons. The van der Waals surface area contributed by atoms with Crippen molar-refractivity contribution < 1.29 is 27.4 Å². The SMILES string of the molecule is C#Cc1c(F)ccc2cc(O)cc(-c3ncc4c(N5C[C@@H]6CC[C@](/C=C\F)(C5)N6)nc(OC[C@@]56CCCN5C[C@H](F)C6)nc4c3F)c12. The molecule has 4 fully saturated rings. The number of aromatic hydroxyl groups is 1. The number of ether oxygens (including phenoxy) is 1. The largest absolute Gasteiger partial charge is 0.508 e. The molecule has 4 aliphatic heterocycles. The van der Waals surface area contributed by atoms with Crippen molar-refractivity contribution in [3.8, 4) is 35.4 Å². The Morgan fingerprint density at radius 2 is 2.06 bits per heavy atom. The minimum Gasteiger partial charge on any atom is -0.508 e. The highest BCUT2D eigenvalue weighted by atomic mass is 19.1. The molecular formula is C35H32F4N6O2. The number of benzene rings is 2. The van der Waals surface area contributed by atoms with E-state index >= 15 is 4.39 Å². The van der Waals surface area contributed by atoms with Gasteiger partial charge < -0.3 is 20.1 Å². The lowest BCUT2D eigenvalue weighted by Crippen LogP contribution is -2.59. The summed E-state index contributed by atoms with van der Waals surface area (Å²) in [6.07, 6.45) is 11.8. The summed E-state index contributed by atoms with van der Waals surface area (Å²) in [5.41, 5.74) is -1.38. The van der Waals surface area contributed by atoms with E-state index in [-0.39, 0.29) is 52.1 Å². The summed E-state index contributed by atoms with van der Waals surface area (Å²) >= 11 is 0. The highest BCUT2D eigenvalue weighted by molar-refractivity contribution is 6.03. The first-order valence-electron chi connectivity index (χ1n) is 15.8. The summed E-state index contributed by atoms with van der Waals surface area (Å²) in [5, 5.41) is 15.0. The van der Waals surface area contributed by atoms with E-state index in [4.69, 9.17) is 16.1 Å². The molecule has 4 atom stereocenters. The third kappa shape index (κ3) is 4.86. The van der Waals surface area contributed by atoms with Gasteiger partial charge in [0.1, 0.15) is 41.4 Å². The molecule has 0 unspecified atom stereocenters. The normalized spacial score (nSPS) is 27.3. The highest BCUT2D eigenvalue weighted by Gasteiger charge is 2.49. The molecule has 2 aromatic heterocycles. The van der Waals surface area contributed by atoms with Gasteiger partial charge in [-0.2, -0.15) is 9.97 Å². The number of rotatable bonds is 6. The maximum absolute atomic E-state index is 16.9. The molecule has 4 aromatic rings. The number of aromatic nitrogens is 3. The summed E-state index contributed by atoms with van der Waals surface area (Å²) in [5.74, 6) is 1.04. The Kier molecular flexibility index (Phi) is 7.04. The number of terminal acetylenes is 1. The third-order valence-electron chi connectivity index (χ3n) is 10.4. The number of hydrogen-bond donors (Lipinski definition) is 2. The van der Waals surface area contributed by atoms with Crippen LogP contribution < -0.4 is 15.0 Å². The number of pyridine rings is 1. The van der Waals surface area contributed by atoms with E-state index in [1.165, 1.54) is 36.5 Å². The van der Waals surface area contributed by atoms with Gasteiger partial charge in [0.25, 0.3) is 0 Å². The van der Waals surface area contributed by atoms with Crippen LogP contribution in [0.1, 0.15) is 37.7 Å². The molecular weight excluding hydrogens is 612 g/mol. The lowest BCUT2D eigenvalue weighted by atomic mass is 9.95. The molecule has 2 bridgehead atoms. The van der Waals surface area contributed by atoms with Gasteiger partial charge in [-0.3, -0.25) is 9.88 Å². The molecule has 12 heteroatoms. The zero-order valence-electron chi connectivity index (χ0n) is 25.4. The van der Waals surface area contributed by atoms with Gasteiger partial charge in [0.15, 0.2) is 5.82 Å². The maximum Gasteiger partial charge on any atom is 0.319 e. The molecule has 4 saturated heterocycles. The fourth-order valence-electron chi connectivity index (χ4n) is 8.30. The predicted molar refractivity (Wildman–Crippen MR) is 170 cm³/mol. The Hall–Kier alpha value is -4.47. The van der Waals surface area contributed by atoms with E-state index in [1.807, 2.05) is 4.90 Å². The van der Waals surface area contributed by atoms with Crippen molar-refractivity contribution in [3.63, 3.8) is 0 Å². The van der Waals surface area contributed by atoms with Gasteiger partial charge in [0.2, 0.25) is 0 Å². The summed E-state index contributed by atoms with van der Waals surface area (Å²) < 4.78 is 65.9. The molecule has 2 aromatic carbocycles. The van der Waals surface area contributed by atoms with Gasteiger partial charge in [0.05, 0.1) is 28.4 Å². The third-order valence-corrected chi connectivity index (χ3v) is 10.4. The van der Waals surface area contributed by atoms with Crippen LogP contribution in [0, 0.1) is 24.0 Å². The van der Waals surface area contributed by atoms with Crippen LogP contribution >= 0.6 is 0 Å². The molecule has 8 nitrogen and oxygen atoms in total. The molecule has 0 radical (unpaired) electrons. The first-order valence-corrected chi connectivity index (χ1v) is 15.8. The number of phenols is 1. The van der Waals surface area contributed by atoms with Crippen LogP contribution in [0.2, 0.25) is 0 Å². The van der Waals surface area contributed by atoms with E-state index in [9.17, 15) is 18.3 Å². The summed E-state index contributed by atoms with van der Waals surface area (Å²) in [6.45, 7) is 2.16. The number of piperazine rings is 1. The molecule has 4 aliphatic rings. The quantitative estimate of drug-likeness (QED) is 0.209. The number of nitrogens with zero attached hydrogens (tertiary/aromatic N) is 5. The van der Waals surface area contributed by atoms with E-state index < -0.39 is 28.9 Å². The van der Waals surface area contributed by atoms with Gasteiger partial charge in [-0.1, -0.05) is 12.0 Å². The molecule has 0 saturated carbocycles. The minimum atomic E-state index is -0.955. The van der Waals surface area contributed by atoms with Crippen molar-refractivity contribution in [2.24, 2.45) is 0 Å². The molecule has 8 rings (SSSR count). The first kappa shape index (κ1) is 29.9. The Morgan fingerprint density at radius 3 is 2.89 bits per heavy atom.